The fourth-order valence-corrected chi connectivity index (χ4v) is 15.0. The van der Waals surface area contributed by atoms with Crippen LogP contribution in [0.4, 0.5) is 0 Å². The summed E-state index contributed by atoms with van der Waals surface area (Å²) in [5.41, 5.74) is 8.06. The molecule has 68 heavy (non-hydrogen) atoms. The second-order valence-corrected chi connectivity index (χ2v) is 21.7. The lowest BCUT2D eigenvalue weighted by atomic mass is 9.90. The molecule has 0 heterocycles. The zero-order valence-corrected chi connectivity index (χ0v) is 40.1. The molecule has 2 heteroatoms. The van der Waals surface area contributed by atoms with E-state index < -0.39 is 15.8 Å². The summed E-state index contributed by atoms with van der Waals surface area (Å²) in [7, 11) is -1.46. The van der Waals surface area contributed by atoms with E-state index in [0.29, 0.717) is 0 Å². The van der Waals surface area contributed by atoms with Gasteiger partial charge in [0.25, 0.3) is 0 Å². The maximum absolute atomic E-state index is 2.38. The van der Waals surface area contributed by atoms with Crippen LogP contribution in [0.5, 0.6) is 0 Å². The summed E-state index contributed by atoms with van der Waals surface area (Å²) in [6.45, 7) is 4.50. The van der Waals surface area contributed by atoms with Gasteiger partial charge in [-0.1, -0.05) is 267 Å². The number of rotatable bonds is 8. The lowest BCUT2D eigenvalue weighted by Gasteiger charge is -2.25. The highest BCUT2D eigenvalue weighted by atomic mass is 31.1. The van der Waals surface area contributed by atoms with Gasteiger partial charge in [-0.05, 0) is 138 Å². The molecule has 0 nitrogen and oxygen atoms in total. The molecule has 0 atom stereocenters. The Bertz CT molecular complexity index is 3370. The van der Waals surface area contributed by atoms with E-state index in [4.69, 9.17) is 0 Å². The summed E-state index contributed by atoms with van der Waals surface area (Å²) < 4.78 is 0. The zero-order valence-electron chi connectivity index (χ0n) is 38.3. The van der Waals surface area contributed by atoms with Gasteiger partial charge in [0.15, 0.2) is 0 Å². The quantitative estimate of drug-likeness (QED) is 0.133. The first-order chi connectivity index (χ1) is 33.6. The average molecular weight is 905 g/mol. The van der Waals surface area contributed by atoms with Crippen molar-refractivity contribution in [3.05, 3.63) is 278 Å². The molecule has 0 unspecified atom stereocenters. The Morgan fingerprint density at radius 3 is 0.735 bits per heavy atom. The van der Waals surface area contributed by atoms with E-state index in [-0.39, 0.29) is 0 Å². The molecule has 0 amide bonds. The molecule has 0 aliphatic rings. The van der Waals surface area contributed by atoms with Crippen LogP contribution in [0.1, 0.15) is 11.1 Å². The van der Waals surface area contributed by atoms with Crippen LogP contribution >= 0.6 is 15.8 Å². The maximum Gasteiger partial charge on any atom is -0.00128 e. The van der Waals surface area contributed by atoms with E-state index >= 15 is 0 Å². The van der Waals surface area contributed by atoms with E-state index in [2.05, 4.69) is 281 Å². The highest BCUT2D eigenvalue weighted by Crippen LogP contribution is 2.45. The molecule has 0 saturated carbocycles. The van der Waals surface area contributed by atoms with Crippen LogP contribution in [0.25, 0.3) is 65.3 Å². The minimum atomic E-state index is -0.731. The molecule has 0 aromatic heterocycles. The number of aryl methyl sites for hydroxylation is 2. The Morgan fingerprint density at radius 1 is 0.206 bits per heavy atom. The third-order valence-corrected chi connectivity index (χ3v) is 18.1. The summed E-state index contributed by atoms with van der Waals surface area (Å²) >= 11 is 0. The Balaban J connectivity index is 0.000000149. The van der Waals surface area contributed by atoms with Crippen molar-refractivity contribution in [2.45, 2.75) is 13.8 Å². The Morgan fingerprint density at radius 2 is 0.441 bits per heavy atom. The molecular weight excluding hydrogens is 855 g/mol. The van der Waals surface area contributed by atoms with E-state index in [9.17, 15) is 0 Å². The van der Waals surface area contributed by atoms with Crippen LogP contribution in [0.15, 0.2) is 267 Å². The molecule has 0 N–H and O–H groups in total. The van der Waals surface area contributed by atoms with Crippen LogP contribution in [0.2, 0.25) is 0 Å². The normalized spacial score (nSPS) is 11.4. The molecule has 0 radical (unpaired) electrons. The molecule has 0 fully saturated rings. The summed E-state index contributed by atoms with van der Waals surface area (Å²) in [4.78, 5) is 0. The van der Waals surface area contributed by atoms with Gasteiger partial charge in [0.1, 0.15) is 0 Å². The number of fused-ring (bicyclic) bond motifs is 4. The number of hydrogen-bond acceptors (Lipinski definition) is 0. The van der Waals surface area contributed by atoms with Gasteiger partial charge < -0.3 is 0 Å². The monoisotopic (exact) mass is 904 g/mol. The highest BCUT2D eigenvalue weighted by molar-refractivity contribution is 7.80. The SMILES string of the molecule is Cc1ccc2ccccc2c1-c1c(P(c2ccccc2)c2ccccc2)ccc2ccccc12.Cc1ccc2ccccc2c1-c1c(P(c2ccccc2)c2ccccc2)ccc2ccccc12. The first-order valence-electron chi connectivity index (χ1n) is 23.4. The fourth-order valence-electron chi connectivity index (χ4n) is 10.0. The van der Waals surface area contributed by atoms with Gasteiger partial charge in [0.2, 0.25) is 0 Å². The van der Waals surface area contributed by atoms with E-state index in [1.54, 1.807) is 0 Å². The van der Waals surface area contributed by atoms with E-state index in [0.717, 1.165) is 0 Å². The molecule has 0 spiro atoms. The van der Waals surface area contributed by atoms with Crippen molar-refractivity contribution in [3.63, 3.8) is 0 Å². The summed E-state index contributed by atoms with van der Waals surface area (Å²) in [6, 6.07) is 97.7. The predicted molar refractivity (Wildman–Crippen MR) is 301 cm³/mol. The number of benzene rings is 12. The molecular formula is C66H50P2. The van der Waals surface area contributed by atoms with Crippen molar-refractivity contribution >= 4 is 90.8 Å². The van der Waals surface area contributed by atoms with Crippen molar-refractivity contribution in [1.29, 1.82) is 0 Å². The minimum Gasteiger partial charge on any atom is -0.0622 e. The molecule has 12 aromatic carbocycles. The van der Waals surface area contributed by atoms with Gasteiger partial charge in [-0.15, -0.1) is 0 Å². The first kappa shape index (κ1) is 43.1. The van der Waals surface area contributed by atoms with Gasteiger partial charge in [-0.2, -0.15) is 0 Å². The lowest BCUT2D eigenvalue weighted by molar-refractivity contribution is 1.50. The molecule has 12 rings (SSSR count). The third-order valence-electron chi connectivity index (χ3n) is 13.1. The summed E-state index contributed by atoms with van der Waals surface area (Å²) in [5.74, 6) is 0. The summed E-state index contributed by atoms with van der Waals surface area (Å²) in [5, 5.41) is 18.7. The smallest absolute Gasteiger partial charge is 0.00128 e. The number of hydrogen-bond donors (Lipinski definition) is 0. The van der Waals surface area contributed by atoms with E-state index in [1.165, 1.54) is 108 Å². The second-order valence-electron chi connectivity index (χ2n) is 17.3. The Labute approximate surface area is 402 Å². The van der Waals surface area contributed by atoms with Crippen molar-refractivity contribution in [3.8, 4) is 22.3 Å². The lowest BCUT2D eigenvalue weighted by Crippen LogP contribution is -2.22. The van der Waals surface area contributed by atoms with Gasteiger partial charge in [-0.3, -0.25) is 0 Å². The van der Waals surface area contributed by atoms with Gasteiger partial charge in [0.05, 0.1) is 0 Å². The highest BCUT2D eigenvalue weighted by Gasteiger charge is 2.25. The zero-order chi connectivity index (χ0) is 45.8. The second kappa shape index (κ2) is 19.4. The van der Waals surface area contributed by atoms with Crippen molar-refractivity contribution in [2.24, 2.45) is 0 Å². The average Bonchev–Trinajstić information content (AvgIpc) is 3.40. The molecule has 0 bridgehead atoms. The minimum absolute atomic E-state index is 0.731. The van der Waals surface area contributed by atoms with Crippen LogP contribution < -0.4 is 31.8 Å². The van der Waals surface area contributed by atoms with Crippen molar-refractivity contribution in [2.75, 3.05) is 0 Å². The largest absolute Gasteiger partial charge is 0.0622 e. The van der Waals surface area contributed by atoms with Crippen LogP contribution in [-0.4, -0.2) is 0 Å². The molecule has 12 aromatic rings. The Hall–Kier alpha value is -7.46. The van der Waals surface area contributed by atoms with E-state index in [1.807, 2.05) is 0 Å². The summed E-state index contributed by atoms with van der Waals surface area (Å²) in [6.07, 6.45) is 0. The van der Waals surface area contributed by atoms with Crippen LogP contribution in [0.3, 0.4) is 0 Å². The predicted octanol–water partition coefficient (Wildman–Crippen LogP) is 15.5. The maximum atomic E-state index is 2.38. The van der Waals surface area contributed by atoms with Gasteiger partial charge >= 0.3 is 0 Å². The van der Waals surface area contributed by atoms with Crippen molar-refractivity contribution in [1.82, 2.24) is 0 Å². The Kier molecular flexibility index (Phi) is 12.3. The standard InChI is InChI=1S/2C33H25P/c2*1-24-20-21-25-12-8-10-18-29(25)32(24)33-30-19-11-9-13-26(30)22-23-31(33)34(27-14-4-2-5-15-27)28-16-6-3-7-17-28/h2*2-23H,1H3. The van der Waals surface area contributed by atoms with Gasteiger partial charge in [0, 0.05) is 0 Å². The van der Waals surface area contributed by atoms with Crippen LogP contribution in [-0.2, 0) is 0 Å². The molecule has 0 aliphatic carbocycles. The third kappa shape index (κ3) is 8.33. The molecule has 0 saturated heterocycles. The molecule has 0 aliphatic heterocycles. The first-order valence-corrected chi connectivity index (χ1v) is 26.1. The topological polar surface area (TPSA) is 0 Å². The fraction of sp³-hybridized carbons (Fsp3) is 0.0303. The van der Waals surface area contributed by atoms with Crippen LogP contribution in [0, 0.1) is 13.8 Å². The van der Waals surface area contributed by atoms with Gasteiger partial charge in [-0.25, -0.2) is 0 Å². The molecule has 324 valence electrons. The van der Waals surface area contributed by atoms with Crippen molar-refractivity contribution < 1.29 is 0 Å².